The molecule has 0 bridgehead atoms. The molecule has 1 aromatic heterocycles. The van der Waals surface area contributed by atoms with Crippen LogP contribution in [0.25, 0.3) is 0 Å². The van der Waals surface area contributed by atoms with E-state index in [0.29, 0.717) is 21.5 Å². The molecule has 0 saturated carbocycles. The SMILES string of the molecule is O=C1CN(C(=O)c2ccnc(Br)c2)c2ccccc2N1. The highest BCUT2D eigenvalue weighted by molar-refractivity contribution is 9.10. The molecular weight excluding hydrogens is 322 g/mol. The van der Waals surface area contributed by atoms with Crippen LogP contribution in [-0.4, -0.2) is 23.3 Å². The topological polar surface area (TPSA) is 62.3 Å². The van der Waals surface area contributed by atoms with Crippen LogP contribution in [0.2, 0.25) is 0 Å². The van der Waals surface area contributed by atoms with Crippen LogP contribution in [0.5, 0.6) is 0 Å². The number of halogens is 1. The lowest BCUT2D eigenvalue weighted by atomic mass is 10.1. The number of para-hydroxylation sites is 2. The molecule has 0 aliphatic carbocycles. The predicted molar refractivity (Wildman–Crippen MR) is 78.7 cm³/mol. The van der Waals surface area contributed by atoms with E-state index in [9.17, 15) is 9.59 Å². The van der Waals surface area contributed by atoms with Crippen molar-refractivity contribution in [3.05, 3.63) is 52.8 Å². The zero-order chi connectivity index (χ0) is 14.1. The lowest BCUT2D eigenvalue weighted by Gasteiger charge is -2.29. The molecule has 5 nitrogen and oxygen atoms in total. The highest BCUT2D eigenvalue weighted by atomic mass is 79.9. The fourth-order valence-electron chi connectivity index (χ4n) is 2.11. The summed E-state index contributed by atoms with van der Waals surface area (Å²) in [5.74, 6) is -0.430. The van der Waals surface area contributed by atoms with E-state index < -0.39 is 0 Å². The predicted octanol–water partition coefficient (Wildman–Crippen LogP) is 2.44. The Morgan fingerprint density at radius 1 is 1.30 bits per heavy atom. The molecular formula is C14H10BrN3O2. The summed E-state index contributed by atoms with van der Waals surface area (Å²) in [7, 11) is 0. The lowest BCUT2D eigenvalue weighted by molar-refractivity contribution is -0.115. The molecule has 6 heteroatoms. The van der Waals surface area contributed by atoms with Crippen molar-refractivity contribution in [2.75, 3.05) is 16.8 Å². The van der Waals surface area contributed by atoms with Crippen LogP contribution in [0.1, 0.15) is 10.4 Å². The van der Waals surface area contributed by atoms with Crippen LogP contribution in [-0.2, 0) is 4.79 Å². The molecule has 0 saturated heterocycles. The first-order valence-corrected chi connectivity index (χ1v) is 6.77. The number of amides is 2. The maximum Gasteiger partial charge on any atom is 0.258 e. The molecule has 100 valence electrons. The van der Waals surface area contributed by atoms with E-state index in [0.717, 1.165) is 0 Å². The summed E-state index contributed by atoms with van der Waals surface area (Å²) in [5, 5.41) is 2.75. The molecule has 0 atom stereocenters. The number of carbonyl (C=O) groups is 2. The second kappa shape index (κ2) is 5.05. The second-order valence-corrected chi connectivity index (χ2v) is 5.14. The standard InChI is InChI=1S/C14H10BrN3O2/c15-12-7-9(5-6-16-12)14(20)18-8-13(19)17-10-3-1-2-4-11(10)18/h1-7H,8H2,(H,17,19). The van der Waals surface area contributed by atoms with E-state index >= 15 is 0 Å². The van der Waals surface area contributed by atoms with Crippen LogP contribution in [0.3, 0.4) is 0 Å². The number of hydrogen-bond donors (Lipinski definition) is 1. The van der Waals surface area contributed by atoms with Gasteiger partial charge in [-0.2, -0.15) is 0 Å². The molecule has 2 aromatic rings. The number of benzene rings is 1. The molecule has 1 aliphatic rings. The third-order valence-electron chi connectivity index (χ3n) is 2.99. The molecule has 2 amide bonds. The summed E-state index contributed by atoms with van der Waals surface area (Å²) >= 11 is 3.24. The maximum atomic E-state index is 12.6. The average molecular weight is 332 g/mol. The lowest BCUT2D eigenvalue weighted by Crippen LogP contribution is -2.42. The maximum absolute atomic E-state index is 12.6. The molecule has 1 aliphatic heterocycles. The first kappa shape index (κ1) is 12.8. The molecule has 3 rings (SSSR count). The molecule has 0 fully saturated rings. The zero-order valence-corrected chi connectivity index (χ0v) is 11.9. The van der Waals surface area contributed by atoms with Gasteiger partial charge in [0.05, 0.1) is 11.4 Å². The summed E-state index contributed by atoms with van der Waals surface area (Å²) in [4.78, 5) is 29.7. The van der Waals surface area contributed by atoms with Crippen molar-refractivity contribution in [3.8, 4) is 0 Å². The number of aromatic nitrogens is 1. The van der Waals surface area contributed by atoms with Gasteiger partial charge >= 0.3 is 0 Å². The van der Waals surface area contributed by atoms with Gasteiger partial charge in [0.15, 0.2) is 0 Å². The van der Waals surface area contributed by atoms with E-state index in [1.807, 2.05) is 18.2 Å². The van der Waals surface area contributed by atoms with Gasteiger partial charge < -0.3 is 5.32 Å². The number of fused-ring (bicyclic) bond motifs is 1. The Morgan fingerprint density at radius 3 is 2.90 bits per heavy atom. The van der Waals surface area contributed by atoms with Crippen molar-refractivity contribution in [1.82, 2.24) is 4.98 Å². The number of nitrogens with one attached hydrogen (secondary N) is 1. The number of hydrogen-bond acceptors (Lipinski definition) is 3. The van der Waals surface area contributed by atoms with Crippen molar-refractivity contribution in [2.24, 2.45) is 0 Å². The number of pyridine rings is 1. The van der Waals surface area contributed by atoms with E-state index in [2.05, 4.69) is 26.2 Å². The summed E-state index contributed by atoms with van der Waals surface area (Å²) in [6, 6.07) is 10.5. The molecule has 2 heterocycles. The largest absolute Gasteiger partial charge is 0.323 e. The minimum atomic E-state index is -0.226. The Labute approximate surface area is 123 Å². The highest BCUT2D eigenvalue weighted by Crippen LogP contribution is 2.30. The van der Waals surface area contributed by atoms with E-state index in [-0.39, 0.29) is 18.4 Å². The smallest absolute Gasteiger partial charge is 0.258 e. The van der Waals surface area contributed by atoms with Crippen molar-refractivity contribution in [1.29, 1.82) is 0 Å². The number of nitrogens with zero attached hydrogens (tertiary/aromatic N) is 2. The Balaban J connectivity index is 2.02. The van der Waals surface area contributed by atoms with Crippen LogP contribution >= 0.6 is 15.9 Å². The minimum absolute atomic E-state index is 0.00971. The van der Waals surface area contributed by atoms with Gasteiger partial charge in [-0.3, -0.25) is 14.5 Å². The van der Waals surface area contributed by atoms with Crippen LogP contribution in [0, 0.1) is 0 Å². The van der Waals surface area contributed by atoms with Gasteiger partial charge in [-0.1, -0.05) is 12.1 Å². The Bertz CT molecular complexity index is 702. The average Bonchev–Trinajstić information content (AvgIpc) is 2.45. The van der Waals surface area contributed by atoms with E-state index in [1.54, 1.807) is 24.4 Å². The number of rotatable bonds is 1. The number of anilines is 2. The second-order valence-electron chi connectivity index (χ2n) is 4.32. The van der Waals surface area contributed by atoms with Crippen molar-refractivity contribution in [3.63, 3.8) is 0 Å². The van der Waals surface area contributed by atoms with E-state index in [4.69, 9.17) is 0 Å². The molecule has 0 spiro atoms. The summed E-state index contributed by atoms with van der Waals surface area (Å²) in [5.41, 5.74) is 1.83. The zero-order valence-electron chi connectivity index (χ0n) is 10.3. The van der Waals surface area contributed by atoms with Crippen molar-refractivity contribution >= 4 is 39.1 Å². The molecule has 0 radical (unpaired) electrons. The highest BCUT2D eigenvalue weighted by Gasteiger charge is 2.27. The third kappa shape index (κ3) is 2.30. The normalized spacial score (nSPS) is 13.7. The summed E-state index contributed by atoms with van der Waals surface area (Å²) in [6.07, 6.45) is 1.55. The fourth-order valence-corrected chi connectivity index (χ4v) is 2.47. The summed E-state index contributed by atoms with van der Waals surface area (Å²) < 4.78 is 0.582. The molecule has 1 N–H and O–H groups in total. The Morgan fingerprint density at radius 2 is 2.10 bits per heavy atom. The quantitative estimate of drug-likeness (QED) is 0.816. The third-order valence-corrected chi connectivity index (χ3v) is 3.42. The van der Waals surface area contributed by atoms with Crippen LogP contribution in [0.4, 0.5) is 11.4 Å². The van der Waals surface area contributed by atoms with Gasteiger partial charge in [0.2, 0.25) is 5.91 Å². The van der Waals surface area contributed by atoms with Crippen LogP contribution < -0.4 is 10.2 Å². The molecule has 20 heavy (non-hydrogen) atoms. The minimum Gasteiger partial charge on any atom is -0.323 e. The van der Waals surface area contributed by atoms with Gasteiger partial charge in [0, 0.05) is 11.8 Å². The molecule has 1 aromatic carbocycles. The van der Waals surface area contributed by atoms with Gasteiger partial charge in [-0.15, -0.1) is 0 Å². The Kier molecular flexibility index (Phi) is 3.23. The van der Waals surface area contributed by atoms with Crippen molar-refractivity contribution < 1.29 is 9.59 Å². The van der Waals surface area contributed by atoms with Crippen LogP contribution in [0.15, 0.2) is 47.2 Å². The van der Waals surface area contributed by atoms with Gasteiger partial charge in [-0.05, 0) is 40.2 Å². The van der Waals surface area contributed by atoms with Gasteiger partial charge in [-0.25, -0.2) is 4.98 Å². The fraction of sp³-hybridized carbons (Fsp3) is 0.0714. The number of carbonyl (C=O) groups excluding carboxylic acids is 2. The first-order chi connectivity index (χ1) is 9.65. The van der Waals surface area contributed by atoms with Gasteiger partial charge in [0.1, 0.15) is 11.1 Å². The molecule has 0 unspecified atom stereocenters. The first-order valence-electron chi connectivity index (χ1n) is 5.97. The Hall–Kier alpha value is -2.21. The van der Waals surface area contributed by atoms with Crippen molar-refractivity contribution in [2.45, 2.75) is 0 Å². The summed E-state index contributed by atoms with van der Waals surface area (Å²) in [6.45, 7) is 0.00971. The van der Waals surface area contributed by atoms with E-state index in [1.165, 1.54) is 4.90 Å². The monoisotopic (exact) mass is 331 g/mol. The van der Waals surface area contributed by atoms with Gasteiger partial charge in [0.25, 0.3) is 5.91 Å².